The van der Waals surface area contributed by atoms with Crippen LogP contribution in [0, 0.1) is 5.41 Å². The van der Waals surface area contributed by atoms with E-state index in [1.54, 1.807) is 0 Å². The van der Waals surface area contributed by atoms with Gasteiger partial charge in [-0.1, -0.05) is 44.2 Å². The summed E-state index contributed by atoms with van der Waals surface area (Å²) in [6, 6.07) is 10.2. The Morgan fingerprint density at radius 1 is 1.26 bits per heavy atom. The molecule has 1 aromatic rings. The minimum absolute atomic E-state index is 0.0810. The molecule has 2 atom stereocenters. The molecule has 1 saturated heterocycles. The van der Waals surface area contributed by atoms with Gasteiger partial charge in [-0.15, -0.1) is 0 Å². The van der Waals surface area contributed by atoms with Crippen LogP contribution in [0.3, 0.4) is 0 Å². The second-order valence-corrected chi connectivity index (χ2v) is 6.30. The van der Waals surface area contributed by atoms with Crippen LogP contribution in [0.4, 0.5) is 0 Å². The first kappa shape index (κ1) is 14.1. The van der Waals surface area contributed by atoms with Crippen molar-refractivity contribution in [3.63, 3.8) is 0 Å². The van der Waals surface area contributed by atoms with E-state index in [0.29, 0.717) is 0 Å². The van der Waals surface area contributed by atoms with Gasteiger partial charge in [0, 0.05) is 13.3 Å². The number of quaternary nitrogens is 1. The summed E-state index contributed by atoms with van der Waals surface area (Å²) in [5.41, 5.74) is 0.532. The first-order chi connectivity index (χ1) is 8.87. The fourth-order valence-corrected chi connectivity index (χ4v) is 3.45. The van der Waals surface area contributed by atoms with Gasteiger partial charge in [-0.2, -0.15) is 0 Å². The smallest absolute Gasteiger partial charge is 0.303 e. The first-order valence-electron chi connectivity index (χ1n) is 6.94. The molecule has 0 bridgehead atoms. The van der Waals surface area contributed by atoms with Gasteiger partial charge in [0.15, 0.2) is 5.60 Å². The molecule has 0 saturated carbocycles. The molecule has 0 spiro atoms. The lowest BCUT2D eigenvalue weighted by atomic mass is 9.66. The Kier molecular flexibility index (Phi) is 3.68. The van der Waals surface area contributed by atoms with Crippen LogP contribution in [0.5, 0.6) is 0 Å². The first-order valence-corrected chi connectivity index (χ1v) is 6.94. The van der Waals surface area contributed by atoms with Crippen LogP contribution in [0.15, 0.2) is 30.3 Å². The summed E-state index contributed by atoms with van der Waals surface area (Å²) in [6.07, 6.45) is 0.870. The molecule has 3 heteroatoms. The second kappa shape index (κ2) is 4.97. The maximum atomic E-state index is 11.6. The van der Waals surface area contributed by atoms with Crippen LogP contribution < -0.4 is 4.90 Å². The molecule has 1 fully saturated rings. The maximum Gasteiger partial charge on any atom is 0.303 e. The van der Waals surface area contributed by atoms with Crippen molar-refractivity contribution in [2.24, 2.45) is 5.41 Å². The Morgan fingerprint density at radius 2 is 1.89 bits per heavy atom. The fraction of sp³-hybridized carbons (Fsp3) is 0.562. The maximum absolute atomic E-state index is 11.6. The summed E-state index contributed by atoms with van der Waals surface area (Å²) in [4.78, 5) is 13.1. The molecule has 0 radical (unpaired) electrons. The Bertz CT molecular complexity index is 455. The van der Waals surface area contributed by atoms with Gasteiger partial charge in [0.2, 0.25) is 0 Å². The third-order valence-electron chi connectivity index (χ3n) is 4.30. The molecule has 104 valence electrons. The van der Waals surface area contributed by atoms with E-state index in [1.165, 1.54) is 11.8 Å². The van der Waals surface area contributed by atoms with Crippen LogP contribution in [-0.2, 0) is 15.1 Å². The summed E-state index contributed by atoms with van der Waals surface area (Å²) in [7, 11) is 2.20. The molecular weight excluding hydrogens is 238 g/mol. The average molecular weight is 262 g/mol. The van der Waals surface area contributed by atoms with Gasteiger partial charge < -0.3 is 9.64 Å². The number of likely N-dealkylation sites (tertiary alicyclic amines) is 1. The molecule has 2 rings (SSSR count). The standard InChI is InChI=1S/C16H23NO2/c1-13(18)19-16(14-8-6-5-7-9-14)10-11-17(4)12-15(16,2)3/h5-9H,10-12H2,1-4H3/p+1/t16-/m0/s1. The number of ether oxygens (including phenoxy) is 1. The Labute approximate surface area is 115 Å². The molecule has 0 amide bonds. The lowest BCUT2D eigenvalue weighted by Gasteiger charge is -2.49. The number of rotatable bonds is 2. The summed E-state index contributed by atoms with van der Waals surface area (Å²) in [6.45, 7) is 7.92. The van der Waals surface area contributed by atoms with Crippen molar-refractivity contribution < 1.29 is 14.4 Å². The predicted octanol–water partition coefficient (Wildman–Crippen LogP) is 1.39. The van der Waals surface area contributed by atoms with Crippen molar-refractivity contribution in [3.8, 4) is 0 Å². The van der Waals surface area contributed by atoms with E-state index in [9.17, 15) is 4.79 Å². The highest BCUT2D eigenvalue weighted by molar-refractivity contribution is 5.67. The number of esters is 1. The van der Waals surface area contributed by atoms with E-state index in [4.69, 9.17) is 4.74 Å². The quantitative estimate of drug-likeness (QED) is 0.817. The Balaban J connectivity index is 2.49. The van der Waals surface area contributed by atoms with Crippen molar-refractivity contribution >= 4 is 5.97 Å². The minimum atomic E-state index is -0.500. The molecule has 1 aliphatic heterocycles. The zero-order chi connectivity index (χ0) is 14.1. The molecular formula is C16H24NO2+. The van der Waals surface area contributed by atoms with Crippen molar-refractivity contribution in [1.29, 1.82) is 0 Å². The van der Waals surface area contributed by atoms with Gasteiger partial charge in [0.05, 0.1) is 25.6 Å². The normalized spacial score (nSPS) is 29.8. The SMILES string of the molecule is CC(=O)O[C@]1(c2ccccc2)CC[NH+](C)CC1(C)C. The molecule has 1 aromatic carbocycles. The summed E-state index contributed by atoms with van der Waals surface area (Å²) in [5, 5.41) is 0. The zero-order valence-corrected chi connectivity index (χ0v) is 12.3. The van der Waals surface area contributed by atoms with Gasteiger partial charge in [-0.25, -0.2) is 0 Å². The molecule has 3 nitrogen and oxygen atoms in total. The summed E-state index contributed by atoms with van der Waals surface area (Å²) in [5.74, 6) is -0.198. The number of benzene rings is 1. The zero-order valence-electron chi connectivity index (χ0n) is 12.3. The van der Waals surface area contributed by atoms with E-state index in [0.717, 1.165) is 25.1 Å². The molecule has 19 heavy (non-hydrogen) atoms. The van der Waals surface area contributed by atoms with Crippen molar-refractivity contribution in [2.75, 3.05) is 20.1 Å². The number of carbonyl (C=O) groups is 1. The van der Waals surface area contributed by atoms with Crippen molar-refractivity contribution in [1.82, 2.24) is 0 Å². The molecule has 1 unspecified atom stereocenters. The van der Waals surface area contributed by atoms with E-state index in [1.807, 2.05) is 18.2 Å². The highest BCUT2D eigenvalue weighted by atomic mass is 16.6. The number of hydrogen-bond donors (Lipinski definition) is 1. The van der Waals surface area contributed by atoms with E-state index < -0.39 is 5.60 Å². The van der Waals surface area contributed by atoms with Crippen LogP contribution in [0.25, 0.3) is 0 Å². The molecule has 0 aromatic heterocycles. The Morgan fingerprint density at radius 3 is 2.42 bits per heavy atom. The molecule has 1 heterocycles. The van der Waals surface area contributed by atoms with Crippen LogP contribution >= 0.6 is 0 Å². The van der Waals surface area contributed by atoms with Crippen LogP contribution in [0.1, 0.15) is 32.8 Å². The van der Waals surface area contributed by atoms with E-state index in [2.05, 4.69) is 33.0 Å². The Hall–Kier alpha value is -1.35. The van der Waals surface area contributed by atoms with Gasteiger partial charge in [-0.3, -0.25) is 4.79 Å². The monoisotopic (exact) mass is 262 g/mol. The highest BCUT2D eigenvalue weighted by Gasteiger charge is 2.54. The third kappa shape index (κ3) is 2.52. The number of hydrogen-bond acceptors (Lipinski definition) is 2. The van der Waals surface area contributed by atoms with Gasteiger partial charge in [0.25, 0.3) is 0 Å². The minimum Gasteiger partial charge on any atom is -0.453 e. The second-order valence-electron chi connectivity index (χ2n) is 6.30. The van der Waals surface area contributed by atoms with Crippen LogP contribution in [-0.4, -0.2) is 26.1 Å². The van der Waals surface area contributed by atoms with Gasteiger partial charge in [-0.05, 0) is 5.56 Å². The molecule has 1 aliphatic rings. The summed E-state index contributed by atoms with van der Waals surface area (Å²) < 4.78 is 5.88. The van der Waals surface area contributed by atoms with Crippen LogP contribution in [0.2, 0.25) is 0 Å². The highest BCUT2D eigenvalue weighted by Crippen LogP contribution is 2.46. The van der Waals surface area contributed by atoms with Crippen molar-refractivity contribution in [3.05, 3.63) is 35.9 Å². The number of carbonyl (C=O) groups excluding carboxylic acids is 1. The van der Waals surface area contributed by atoms with E-state index in [-0.39, 0.29) is 11.4 Å². The fourth-order valence-electron chi connectivity index (χ4n) is 3.45. The largest absolute Gasteiger partial charge is 0.453 e. The van der Waals surface area contributed by atoms with Crippen molar-refractivity contribution in [2.45, 2.75) is 32.8 Å². The lowest BCUT2D eigenvalue weighted by molar-refractivity contribution is -0.896. The number of nitrogens with one attached hydrogen (secondary N) is 1. The summed E-state index contributed by atoms with van der Waals surface area (Å²) >= 11 is 0. The molecule has 0 aliphatic carbocycles. The topological polar surface area (TPSA) is 30.7 Å². The molecule has 1 N–H and O–H groups in total. The van der Waals surface area contributed by atoms with Gasteiger partial charge >= 0.3 is 5.97 Å². The predicted molar refractivity (Wildman–Crippen MR) is 74.9 cm³/mol. The lowest BCUT2D eigenvalue weighted by Crippen LogP contribution is -3.12. The van der Waals surface area contributed by atoms with Gasteiger partial charge in [0.1, 0.15) is 0 Å². The average Bonchev–Trinajstić information content (AvgIpc) is 2.33. The number of piperidine rings is 1. The third-order valence-corrected chi connectivity index (χ3v) is 4.30. The van der Waals surface area contributed by atoms with E-state index >= 15 is 0 Å².